The van der Waals surface area contributed by atoms with E-state index >= 15 is 0 Å². The van der Waals surface area contributed by atoms with Crippen LogP contribution < -0.4 is 0 Å². The minimum Gasteiger partial charge on any atom is -0.350 e. The number of hydrogen-bond acceptors (Lipinski definition) is 2. The lowest BCUT2D eigenvalue weighted by atomic mass is 10.2. The zero-order valence-electron chi connectivity index (χ0n) is 10.1. The van der Waals surface area contributed by atoms with Crippen LogP contribution in [0.4, 0.5) is 0 Å². The number of rotatable bonds is 3. The first kappa shape index (κ1) is 11.6. The van der Waals surface area contributed by atoms with Crippen molar-refractivity contribution in [1.29, 1.82) is 0 Å². The Labute approximate surface area is 109 Å². The van der Waals surface area contributed by atoms with Crippen LogP contribution in [-0.2, 0) is 15.5 Å². The molecule has 0 spiro atoms. The SMILES string of the molecule is Cc1ccc(S(=O)[C@@H]2O[C@@H]2c2ccccc2)cc1. The summed E-state index contributed by atoms with van der Waals surface area (Å²) in [6.07, 6.45) is -0.0201. The van der Waals surface area contributed by atoms with Crippen molar-refractivity contribution in [2.24, 2.45) is 0 Å². The zero-order chi connectivity index (χ0) is 12.5. The Hall–Kier alpha value is -1.45. The van der Waals surface area contributed by atoms with Crippen molar-refractivity contribution >= 4 is 10.8 Å². The summed E-state index contributed by atoms with van der Waals surface area (Å²) in [4.78, 5) is 0.837. The van der Waals surface area contributed by atoms with Crippen molar-refractivity contribution in [3.8, 4) is 0 Å². The first-order chi connectivity index (χ1) is 8.75. The molecule has 1 aliphatic heterocycles. The van der Waals surface area contributed by atoms with Gasteiger partial charge in [-0.15, -0.1) is 0 Å². The van der Waals surface area contributed by atoms with E-state index in [0.29, 0.717) is 0 Å². The van der Waals surface area contributed by atoms with Crippen LogP contribution in [0, 0.1) is 6.92 Å². The zero-order valence-corrected chi connectivity index (χ0v) is 10.9. The van der Waals surface area contributed by atoms with E-state index in [1.165, 1.54) is 5.56 Å². The van der Waals surface area contributed by atoms with Crippen molar-refractivity contribution in [3.05, 3.63) is 65.7 Å². The molecular weight excluding hydrogens is 244 g/mol. The molecule has 0 N–H and O–H groups in total. The normalized spacial score (nSPS) is 23.6. The highest BCUT2D eigenvalue weighted by molar-refractivity contribution is 7.85. The standard InChI is InChI=1S/C15H14O2S/c1-11-7-9-13(10-8-11)18(16)15-14(17-15)12-5-3-2-4-6-12/h2-10,14-15H,1H3/t14-,15+,18?/m1/s1. The highest BCUT2D eigenvalue weighted by Gasteiger charge is 2.45. The predicted octanol–water partition coefficient (Wildman–Crippen LogP) is 3.20. The van der Waals surface area contributed by atoms with E-state index in [0.717, 1.165) is 10.5 Å². The number of aryl methyl sites for hydroxylation is 1. The van der Waals surface area contributed by atoms with Gasteiger partial charge in [0, 0.05) is 4.90 Å². The number of epoxide rings is 1. The smallest absolute Gasteiger partial charge is 0.168 e. The molecule has 2 aromatic carbocycles. The Bertz CT molecular complexity index is 563. The van der Waals surface area contributed by atoms with E-state index in [4.69, 9.17) is 4.74 Å². The molecule has 3 rings (SSSR count). The quantitative estimate of drug-likeness (QED) is 0.791. The summed E-state index contributed by atoms with van der Waals surface area (Å²) in [5.74, 6) is 0. The monoisotopic (exact) mass is 258 g/mol. The lowest BCUT2D eigenvalue weighted by molar-refractivity contribution is 0.403. The van der Waals surface area contributed by atoms with E-state index in [9.17, 15) is 4.21 Å². The van der Waals surface area contributed by atoms with Gasteiger partial charge in [-0.05, 0) is 24.6 Å². The van der Waals surface area contributed by atoms with Crippen molar-refractivity contribution in [3.63, 3.8) is 0 Å². The fraction of sp³-hybridized carbons (Fsp3) is 0.200. The molecular formula is C15H14O2S. The molecule has 1 heterocycles. The first-order valence-corrected chi connectivity index (χ1v) is 7.14. The molecule has 0 radical (unpaired) electrons. The average molecular weight is 258 g/mol. The van der Waals surface area contributed by atoms with E-state index in [-0.39, 0.29) is 11.5 Å². The van der Waals surface area contributed by atoms with Crippen LogP contribution in [0.25, 0.3) is 0 Å². The van der Waals surface area contributed by atoms with E-state index in [2.05, 4.69) is 0 Å². The molecule has 0 aromatic heterocycles. The van der Waals surface area contributed by atoms with Gasteiger partial charge < -0.3 is 4.74 Å². The molecule has 0 saturated carbocycles. The molecule has 1 aliphatic rings. The van der Waals surface area contributed by atoms with Gasteiger partial charge in [0.25, 0.3) is 0 Å². The summed E-state index contributed by atoms with van der Waals surface area (Å²) in [5, 5.41) is 0. The molecule has 3 heteroatoms. The third kappa shape index (κ3) is 2.24. The van der Waals surface area contributed by atoms with Crippen LogP contribution in [0.2, 0.25) is 0 Å². The Balaban J connectivity index is 1.75. The van der Waals surface area contributed by atoms with Gasteiger partial charge in [-0.1, -0.05) is 48.0 Å². The number of benzene rings is 2. The molecule has 92 valence electrons. The second kappa shape index (κ2) is 4.67. The van der Waals surface area contributed by atoms with Crippen molar-refractivity contribution in [2.45, 2.75) is 23.4 Å². The van der Waals surface area contributed by atoms with Crippen LogP contribution in [0.3, 0.4) is 0 Å². The molecule has 0 amide bonds. The lowest BCUT2D eigenvalue weighted by Gasteiger charge is -1.99. The van der Waals surface area contributed by atoms with Crippen molar-refractivity contribution < 1.29 is 8.95 Å². The van der Waals surface area contributed by atoms with Gasteiger partial charge in [-0.3, -0.25) is 4.21 Å². The number of ether oxygens (including phenoxy) is 1. The van der Waals surface area contributed by atoms with Gasteiger partial charge in [0.05, 0.1) is 10.8 Å². The largest absolute Gasteiger partial charge is 0.350 e. The van der Waals surface area contributed by atoms with E-state index < -0.39 is 10.8 Å². The molecule has 1 saturated heterocycles. The van der Waals surface area contributed by atoms with E-state index in [1.54, 1.807) is 0 Å². The summed E-state index contributed by atoms with van der Waals surface area (Å²) in [6, 6.07) is 17.7. The van der Waals surface area contributed by atoms with Gasteiger partial charge >= 0.3 is 0 Å². The predicted molar refractivity (Wildman–Crippen MR) is 71.6 cm³/mol. The molecule has 18 heavy (non-hydrogen) atoms. The second-order valence-corrected chi connectivity index (χ2v) is 5.98. The Morgan fingerprint density at radius 1 is 1.00 bits per heavy atom. The van der Waals surface area contributed by atoms with Gasteiger partial charge in [-0.25, -0.2) is 0 Å². The molecule has 0 aliphatic carbocycles. The van der Waals surface area contributed by atoms with Crippen LogP contribution in [0.1, 0.15) is 17.2 Å². The third-order valence-electron chi connectivity index (χ3n) is 3.04. The van der Waals surface area contributed by atoms with Crippen LogP contribution in [-0.4, -0.2) is 9.64 Å². The topological polar surface area (TPSA) is 29.6 Å². The van der Waals surface area contributed by atoms with Crippen LogP contribution >= 0.6 is 0 Å². The highest BCUT2D eigenvalue weighted by Crippen LogP contribution is 2.42. The summed E-state index contributed by atoms with van der Waals surface area (Å²) >= 11 is 0. The number of hydrogen-bond donors (Lipinski definition) is 0. The molecule has 0 bridgehead atoms. The average Bonchev–Trinajstić information content (AvgIpc) is 3.20. The second-order valence-electron chi connectivity index (χ2n) is 4.45. The van der Waals surface area contributed by atoms with Gasteiger partial charge in [0.2, 0.25) is 0 Å². The Morgan fingerprint density at radius 3 is 2.33 bits per heavy atom. The summed E-state index contributed by atoms with van der Waals surface area (Å²) in [6.45, 7) is 2.02. The van der Waals surface area contributed by atoms with Crippen LogP contribution in [0.15, 0.2) is 59.5 Å². The van der Waals surface area contributed by atoms with Gasteiger partial charge in [0.1, 0.15) is 6.10 Å². The van der Waals surface area contributed by atoms with Gasteiger partial charge in [0.15, 0.2) is 5.44 Å². The van der Waals surface area contributed by atoms with E-state index in [1.807, 2.05) is 61.5 Å². The maximum atomic E-state index is 12.3. The Morgan fingerprint density at radius 2 is 1.67 bits per heavy atom. The maximum Gasteiger partial charge on any atom is 0.168 e. The van der Waals surface area contributed by atoms with Gasteiger partial charge in [-0.2, -0.15) is 0 Å². The minimum absolute atomic E-state index is 0.0201. The fourth-order valence-electron chi connectivity index (χ4n) is 1.95. The van der Waals surface area contributed by atoms with Crippen molar-refractivity contribution in [1.82, 2.24) is 0 Å². The summed E-state index contributed by atoms with van der Waals surface area (Å²) in [5.41, 5.74) is 2.07. The molecule has 2 aromatic rings. The molecule has 1 fully saturated rings. The summed E-state index contributed by atoms with van der Waals surface area (Å²) < 4.78 is 17.8. The first-order valence-electron chi connectivity index (χ1n) is 5.93. The third-order valence-corrected chi connectivity index (χ3v) is 4.56. The molecule has 2 nitrogen and oxygen atoms in total. The highest BCUT2D eigenvalue weighted by atomic mass is 32.2. The fourth-order valence-corrected chi connectivity index (χ4v) is 3.22. The molecule has 1 unspecified atom stereocenters. The van der Waals surface area contributed by atoms with Crippen LogP contribution in [0.5, 0.6) is 0 Å². The summed E-state index contributed by atoms with van der Waals surface area (Å²) in [7, 11) is -1.09. The van der Waals surface area contributed by atoms with Crippen molar-refractivity contribution in [2.75, 3.05) is 0 Å². The lowest BCUT2D eigenvalue weighted by Crippen LogP contribution is -2.00. The maximum absolute atomic E-state index is 12.3. The molecule has 3 atom stereocenters. The minimum atomic E-state index is -1.09. The Kier molecular flexibility index (Phi) is 3.02.